The van der Waals surface area contributed by atoms with Crippen LogP contribution in [0.1, 0.15) is 0 Å². The first-order chi connectivity index (χ1) is 7.32. The van der Waals surface area contributed by atoms with Crippen LogP contribution in [0.3, 0.4) is 0 Å². The third-order valence-corrected chi connectivity index (χ3v) is 3.86. The van der Waals surface area contributed by atoms with Crippen molar-refractivity contribution < 1.29 is 13.2 Å². The van der Waals surface area contributed by atoms with Crippen LogP contribution in [-0.2, 0) is 14.8 Å². The number of para-hydroxylation sites is 1. The molecule has 0 aromatic heterocycles. The lowest BCUT2D eigenvalue weighted by Crippen LogP contribution is -2.38. The summed E-state index contributed by atoms with van der Waals surface area (Å²) < 4.78 is 24.8. The van der Waals surface area contributed by atoms with E-state index in [1.165, 1.54) is 0 Å². The van der Waals surface area contributed by atoms with Crippen LogP contribution in [0.5, 0.6) is 0 Å². The molecule has 7 heteroatoms. The van der Waals surface area contributed by atoms with E-state index in [0.717, 1.165) is 14.1 Å². The van der Waals surface area contributed by atoms with E-state index >= 15 is 0 Å². The Labute approximate surface area is 108 Å². The van der Waals surface area contributed by atoms with Gasteiger partial charge in [0.25, 0.3) is 0 Å². The van der Waals surface area contributed by atoms with Crippen molar-refractivity contribution in [2.24, 2.45) is 5.73 Å². The van der Waals surface area contributed by atoms with Gasteiger partial charge in [-0.25, -0.2) is 8.42 Å². The standard InChI is InChI=1S/C9H11IN2O3S/c1-16(14,15)12(6-9(11)13)8-5-3-2-4-7(8)10/h2-5H,6H2,1H3,(H2,11,13). The molecule has 1 amide bonds. The fraction of sp³-hybridized carbons (Fsp3) is 0.222. The SMILES string of the molecule is CS(=O)(=O)N(CC(N)=O)c1ccccc1I. The van der Waals surface area contributed by atoms with Crippen LogP contribution in [0.25, 0.3) is 0 Å². The summed E-state index contributed by atoms with van der Waals surface area (Å²) in [4.78, 5) is 10.9. The largest absolute Gasteiger partial charge is 0.368 e. The van der Waals surface area contributed by atoms with Gasteiger partial charge in [-0.05, 0) is 34.7 Å². The number of hydrogen-bond acceptors (Lipinski definition) is 3. The third-order valence-electron chi connectivity index (χ3n) is 1.82. The molecule has 0 aliphatic carbocycles. The second kappa shape index (κ2) is 5.00. The van der Waals surface area contributed by atoms with Gasteiger partial charge in [0.2, 0.25) is 15.9 Å². The highest BCUT2D eigenvalue weighted by Crippen LogP contribution is 2.23. The van der Waals surface area contributed by atoms with Crippen molar-refractivity contribution in [1.29, 1.82) is 0 Å². The first kappa shape index (κ1) is 13.2. The molecule has 2 N–H and O–H groups in total. The maximum atomic E-state index is 11.5. The zero-order chi connectivity index (χ0) is 12.3. The summed E-state index contributed by atoms with van der Waals surface area (Å²) in [7, 11) is -3.51. The third kappa shape index (κ3) is 3.34. The number of anilines is 1. The van der Waals surface area contributed by atoms with Crippen molar-refractivity contribution in [2.45, 2.75) is 0 Å². The van der Waals surface area contributed by atoms with Gasteiger partial charge in [0.1, 0.15) is 6.54 Å². The van der Waals surface area contributed by atoms with E-state index in [1.807, 2.05) is 22.6 Å². The number of primary amides is 1. The van der Waals surface area contributed by atoms with Crippen LogP contribution in [0.2, 0.25) is 0 Å². The van der Waals surface area contributed by atoms with Gasteiger partial charge in [0, 0.05) is 3.57 Å². The molecule has 0 saturated carbocycles. The minimum atomic E-state index is -3.51. The summed E-state index contributed by atoms with van der Waals surface area (Å²) in [5, 5.41) is 0. The normalized spacial score (nSPS) is 11.1. The van der Waals surface area contributed by atoms with Crippen LogP contribution < -0.4 is 10.0 Å². The molecule has 0 bridgehead atoms. The van der Waals surface area contributed by atoms with Gasteiger partial charge in [-0.15, -0.1) is 0 Å². The molecule has 0 aliphatic heterocycles. The number of halogens is 1. The topological polar surface area (TPSA) is 80.5 Å². The van der Waals surface area contributed by atoms with Crippen molar-refractivity contribution in [3.63, 3.8) is 0 Å². The Morgan fingerprint density at radius 1 is 1.44 bits per heavy atom. The maximum absolute atomic E-state index is 11.5. The Hall–Kier alpha value is -0.830. The Morgan fingerprint density at radius 2 is 2.00 bits per heavy atom. The van der Waals surface area contributed by atoms with E-state index in [0.29, 0.717) is 5.69 Å². The first-order valence-electron chi connectivity index (χ1n) is 4.33. The van der Waals surface area contributed by atoms with Gasteiger partial charge in [-0.3, -0.25) is 9.10 Å². The summed E-state index contributed by atoms with van der Waals surface area (Å²) in [5.41, 5.74) is 5.49. The number of amides is 1. The Morgan fingerprint density at radius 3 is 2.44 bits per heavy atom. The zero-order valence-corrected chi connectivity index (χ0v) is 11.5. The van der Waals surface area contributed by atoms with Crippen LogP contribution in [0.15, 0.2) is 24.3 Å². The van der Waals surface area contributed by atoms with E-state index in [2.05, 4.69) is 0 Å². The molecular formula is C9H11IN2O3S. The number of carbonyl (C=O) groups is 1. The summed E-state index contributed by atoms with van der Waals surface area (Å²) in [5.74, 6) is -0.690. The van der Waals surface area contributed by atoms with Gasteiger partial charge in [0.05, 0.1) is 11.9 Å². The van der Waals surface area contributed by atoms with Gasteiger partial charge < -0.3 is 5.73 Å². The van der Waals surface area contributed by atoms with Crippen LogP contribution in [0.4, 0.5) is 5.69 Å². The molecule has 0 atom stereocenters. The van der Waals surface area contributed by atoms with Crippen LogP contribution >= 0.6 is 22.6 Å². The van der Waals surface area contributed by atoms with Gasteiger partial charge in [-0.2, -0.15) is 0 Å². The maximum Gasteiger partial charge on any atom is 0.238 e. The predicted octanol–water partition coefficient (Wildman–Crippen LogP) is 0.543. The van der Waals surface area contributed by atoms with E-state index in [1.54, 1.807) is 24.3 Å². The van der Waals surface area contributed by atoms with Gasteiger partial charge >= 0.3 is 0 Å². The molecule has 0 heterocycles. The van der Waals surface area contributed by atoms with Crippen molar-refractivity contribution in [2.75, 3.05) is 17.1 Å². The van der Waals surface area contributed by atoms with Crippen molar-refractivity contribution >= 4 is 44.2 Å². The van der Waals surface area contributed by atoms with Crippen molar-refractivity contribution in [3.05, 3.63) is 27.8 Å². The minimum absolute atomic E-state index is 0.348. The second-order valence-corrected chi connectivity index (χ2v) is 6.26. The minimum Gasteiger partial charge on any atom is -0.368 e. The molecule has 88 valence electrons. The number of sulfonamides is 1. The van der Waals surface area contributed by atoms with Gasteiger partial charge in [0.15, 0.2) is 0 Å². The van der Waals surface area contributed by atoms with Crippen molar-refractivity contribution in [1.82, 2.24) is 0 Å². The highest BCUT2D eigenvalue weighted by molar-refractivity contribution is 14.1. The summed E-state index contributed by atoms with van der Waals surface area (Å²) in [6.07, 6.45) is 1.04. The van der Waals surface area contributed by atoms with Crippen molar-refractivity contribution in [3.8, 4) is 0 Å². The molecule has 0 saturated heterocycles. The highest BCUT2D eigenvalue weighted by atomic mass is 127. The Kier molecular flexibility index (Phi) is 4.14. The number of rotatable bonds is 4. The van der Waals surface area contributed by atoms with E-state index in [4.69, 9.17) is 5.73 Å². The molecule has 0 spiro atoms. The fourth-order valence-corrected chi connectivity index (χ4v) is 2.90. The molecule has 1 aromatic rings. The average Bonchev–Trinajstić information content (AvgIpc) is 2.13. The van der Waals surface area contributed by atoms with E-state index in [-0.39, 0.29) is 6.54 Å². The molecule has 1 aromatic carbocycles. The zero-order valence-electron chi connectivity index (χ0n) is 8.55. The molecule has 0 radical (unpaired) electrons. The second-order valence-electron chi connectivity index (χ2n) is 3.19. The van der Waals surface area contributed by atoms with E-state index < -0.39 is 15.9 Å². The fourth-order valence-electron chi connectivity index (χ4n) is 1.18. The average molecular weight is 354 g/mol. The highest BCUT2D eigenvalue weighted by Gasteiger charge is 2.21. The summed E-state index contributed by atoms with van der Waals surface area (Å²) in [6.45, 7) is -0.348. The number of nitrogens with zero attached hydrogens (tertiary/aromatic N) is 1. The summed E-state index contributed by atoms with van der Waals surface area (Å²) >= 11 is 2.00. The lowest BCUT2D eigenvalue weighted by molar-refractivity contribution is -0.116. The molecular weight excluding hydrogens is 343 g/mol. The molecule has 16 heavy (non-hydrogen) atoms. The number of carbonyl (C=O) groups excluding carboxylic acids is 1. The molecule has 0 aliphatic rings. The molecule has 5 nitrogen and oxygen atoms in total. The Bertz CT molecular complexity index is 501. The Balaban J connectivity index is 3.22. The quantitative estimate of drug-likeness (QED) is 0.802. The van der Waals surface area contributed by atoms with Crippen LogP contribution in [-0.4, -0.2) is 27.1 Å². The lowest BCUT2D eigenvalue weighted by Gasteiger charge is -2.21. The number of nitrogens with two attached hydrogens (primary N) is 1. The molecule has 0 unspecified atom stereocenters. The molecule has 0 fully saturated rings. The number of benzene rings is 1. The van der Waals surface area contributed by atoms with Crippen LogP contribution in [0, 0.1) is 3.57 Å². The summed E-state index contributed by atoms with van der Waals surface area (Å²) in [6, 6.07) is 6.88. The molecule has 1 rings (SSSR count). The first-order valence-corrected chi connectivity index (χ1v) is 7.25. The lowest BCUT2D eigenvalue weighted by atomic mass is 10.3. The van der Waals surface area contributed by atoms with Gasteiger partial charge in [-0.1, -0.05) is 12.1 Å². The predicted molar refractivity (Wildman–Crippen MR) is 70.5 cm³/mol. The van der Waals surface area contributed by atoms with E-state index in [9.17, 15) is 13.2 Å². The smallest absolute Gasteiger partial charge is 0.238 e. The monoisotopic (exact) mass is 354 g/mol. The number of hydrogen-bond donors (Lipinski definition) is 1.